The van der Waals surface area contributed by atoms with Gasteiger partial charge in [0.05, 0.1) is 24.8 Å². The Bertz CT molecular complexity index is 893. The number of carbonyl (C=O) groups is 2. The zero-order valence-corrected chi connectivity index (χ0v) is 17.1. The van der Waals surface area contributed by atoms with E-state index in [0.29, 0.717) is 26.3 Å². The third kappa shape index (κ3) is 4.19. The Balaban J connectivity index is 1.37. The number of aromatic nitrogens is 2. The Labute approximate surface area is 171 Å². The molecule has 1 atom stereocenters. The molecule has 2 aliphatic heterocycles. The molecule has 154 valence electrons. The maximum absolute atomic E-state index is 12.9. The fourth-order valence-corrected chi connectivity index (χ4v) is 4.04. The molecule has 2 amide bonds. The standard InChI is InChI=1S/C22H28N4O3/c1-15-3-4-17(13-16(15)2)22(28)25-10-6-19(7-11-25)26-20(5-9-23-26)24-21(27)18-8-12-29-14-18/h3-5,9,13,18-19H,6-8,10-12,14H2,1-2H3,(H,24,27). The summed E-state index contributed by atoms with van der Waals surface area (Å²) in [6.45, 7) is 6.57. The number of anilines is 1. The van der Waals surface area contributed by atoms with E-state index in [1.54, 1.807) is 6.20 Å². The van der Waals surface area contributed by atoms with E-state index < -0.39 is 0 Å². The molecule has 7 heteroatoms. The van der Waals surface area contributed by atoms with Gasteiger partial charge in [0.15, 0.2) is 0 Å². The van der Waals surface area contributed by atoms with Crippen LogP contribution in [0.2, 0.25) is 0 Å². The lowest BCUT2D eigenvalue weighted by Crippen LogP contribution is -2.39. The molecule has 1 aromatic heterocycles. The second kappa shape index (κ2) is 8.37. The van der Waals surface area contributed by atoms with Gasteiger partial charge in [0.25, 0.3) is 5.91 Å². The third-order valence-electron chi connectivity index (χ3n) is 6.07. The van der Waals surface area contributed by atoms with Gasteiger partial charge in [0.2, 0.25) is 5.91 Å². The highest BCUT2D eigenvalue weighted by atomic mass is 16.5. The zero-order valence-electron chi connectivity index (χ0n) is 17.1. The fraction of sp³-hybridized carbons (Fsp3) is 0.500. The average Bonchev–Trinajstić information content (AvgIpc) is 3.42. The SMILES string of the molecule is Cc1ccc(C(=O)N2CCC(n3nccc3NC(=O)C3CCOC3)CC2)cc1C. The lowest BCUT2D eigenvalue weighted by Gasteiger charge is -2.33. The van der Waals surface area contributed by atoms with Crippen LogP contribution in [-0.2, 0) is 9.53 Å². The zero-order chi connectivity index (χ0) is 20.4. The van der Waals surface area contributed by atoms with Crippen molar-refractivity contribution in [2.45, 2.75) is 39.2 Å². The molecule has 3 heterocycles. The van der Waals surface area contributed by atoms with Gasteiger partial charge in [-0.1, -0.05) is 6.07 Å². The molecule has 2 aromatic rings. The molecule has 2 aliphatic rings. The van der Waals surface area contributed by atoms with Crippen molar-refractivity contribution >= 4 is 17.6 Å². The van der Waals surface area contributed by atoms with Gasteiger partial charge in [-0.25, -0.2) is 4.68 Å². The summed E-state index contributed by atoms with van der Waals surface area (Å²) in [4.78, 5) is 27.2. The number of benzene rings is 1. The number of nitrogens with zero attached hydrogens (tertiary/aromatic N) is 3. The molecule has 0 saturated carbocycles. The van der Waals surface area contributed by atoms with Crippen LogP contribution in [0.25, 0.3) is 0 Å². The highest BCUT2D eigenvalue weighted by molar-refractivity contribution is 5.94. The van der Waals surface area contributed by atoms with Crippen molar-refractivity contribution in [3.05, 3.63) is 47.2 Å². The highest BCUT2D eigenvalue weighted by Gasteiger charge is 2.28. The number of hydrogen-bond acceptors (Lipinski definition) is 4. The van der Waals surface area contributed by atoms with Crippen molar-refractivity contribution in [1.82, 2.24) is 14.7 Å². The quantitative estimate of drug-likeness (QED) is 0.862. The van der Waals surface area contributed by atoms with Crippen molar-refractivity contribution in [3.8, 4) is 0 Å². The van der Waals surface area contributed by atoms with Crippen LogP contribution in [0.5, 0.6) is 0 Å². The summed E-state index contributed by atoms with van der Waals surface area (Å²) in [6.07, 6.45) is 4.10. The number of ether oxygens (including phenoxy) is 1. The van der Waals surface area contributed by atoms with Crippen LogP contribution < -0.4 is 5.32 Å². The van der Waals surface area contributed by atoms with E-state index in [0.717, 1.165) is 36.2 Å². The monoisotopic (exact) mass is 396 g/mol. The molecule has 0 spiro atoms. The van der Waals surface area contributed by atoms with Gasteiger partial charge >= 0.3 is 0 Å². The molecule has 0 bridgehead atoms. The Hall–Kier alpha value is -2.67. The number of likely N-dealkylation sites (tertiary alicyclic amines) is 1. The molecule has 1 N–H and O–H groups in total. The maximum Gasteiger partial charge on any atom is 0.253 e. The molecule has 1 aromatic carbocycles. The summed E-state index contributed by atoms with van der Waals surface area (Å²) in [5.41, 5.74) is 3.07. The molecular weight excluding hydrogens is 368 g/mol. The molecule has 4 rings (SSSR count). The van der Waals surface area contributed by atoms with E-state index in [1.807, 2.05) is 40.8 Å². The first kappa shape index (κ1) is 19.6. The number of rotatable bonds is 4. The summed E-state index contributed by atoms with van der Waals surface area (Å²) in [5, 5.41) is 7.44. The molecule has 0 radical (unpaired) electrons. The van der Waals surface area contributed by atoms with Crippen LogP contribution in [-0.4, -0.2) is 52.8 Å². The highest BCUT2D eigenvalue weighted by Crippen LogP contribution is 2.27. The van der Waals surface area contributed by atoms with Gasteiger partial charge < -0.3 is 15.0 Å². The predicted octanol–water partition coefficient (Wildman–Crippen LogP) is 2.95. The minimum atomic E-state index is -0.0872. The number of amides is 2. The second-order valence-corrected chi connectivity index (χ2v) is 8.03. The maximum atomic E-state index is 12.9. The molecule has 7 nitrogen and oxygen atoms in total. The van der Waals surface area contributed by atoms with Crippen molar-refractivity contribution in [3.63, 3.8) is 0 Å². The van der Waals surface area contributed by atoms with Gasteiger partial charge in [0.1, 0.15) is 5.82 Å². The number of hydrogen-bond donors (Lipinski definition) is 1. The Morgan fingerprint density at radius 1 is 1.10 bits per heavy atom. The van der Waals surface area contributed by atoms with E-state index in [-0.39, 0.29) is 23.8 Å². The first-order chi connectivity index (χ1) is 14.0. The Morgan fingerprint density at radius 3 is 2.59 bits per heavy atom. The fourth-order valence-electron chi connectivity index (χ4n) is 4.04. The van der Waals surface area contributed by atoms with Gasteiger partial charge in [-0.05, 0) is 56.4 Å². The minimum absolute atomic E-state index is 0.00777. The van der Waals surface area contributed by atoms with Crippen molar-refractivity contribution in [1.29, 1.82) is 0 Å². The van der Waals surface area contributed by atoms with E-state index >= 15 is 0 Å². The number of piperidine rings is 1. The average molecular weight is 396 g/mol. The van der Waals surface area contributed by atoms with Gasteiger partial charge in [-0.3, -0.25) is 9.59 Å². The van der Waals surface area contributed by atoms with E-state index in [4.69, 9.17) is 4.74 Å². The van der Waals surface area contributed by atoms with Crippen LogP contribution in [0.15, 0.2) is 30.5 Å². The van der Waals surface area contributed by atoms with Gasteiger partial charge in [0, 0.05) is 31.3 Å². The Morgan fingerprint density at radius 2 is 1.90 bits per heavy atom. The number of carbonyl (C=O) groups excluding carboxylic acids is 2. The third-order valence-corrected chi connectivity index (χ3v) is 6.07. The van der Waals surface area contributed by atoms with Crippen molar-refractivity contribution in [2.24, 2.45) is 5.92 Å². The molecular formula is C22H28N4O3. The first-order valence-electron chi connectivity index (χ1n) is 10.3. The van der Waals surface area contributed by atoms with Crippen molar-refractivity contribution < 1.29 is 14.3 Å². The topological polar surface area (TPSA) is 76.5 Å². The summed E-state index contributed by atoms with van der Waals surface area (Å²) >= 11 is 0. The molecule has 0 aliphatic carbocycles. The van der Waals surface area contributed by atoms with Crippen LogP contribution in [0, 0.1) is 19.8 Å². The molecule has 2 fully saturated rings. The minimum Gasteiger partial charge on any atom is -0.381 e. The first-order valence-corrected chi connectivity index (χ1v) is 10.3. The van der Waals surface area contributed by atoms with Crippen LogP contribution in [0.1, 0.15) is 46.8 Å². The smallest absolute Gasteiger partial charge is 0.253 e. The molecule has 29 heavy (non-hydrogen) atoms. The van der Waals surface area contributed by atoms with E-state index in [9.17, 15) is 9.59 Å². The Kier molecular flexibility index (Phi) is 5.67. The summed E-state index contributed by atoms with van der Waals surface area (Å²) in [7, 11) is 0. The van der Waals surface area contributed by atoms with Crippen LogP contribution in [0.4, 0.5) is 5.82 Å². The summed E-state index contributed by atoms with van der Waals surface area (Å²) < 4.78 is 7.20. The predicted molar refractivity (Wildman–Crippen MR) is 110 cm³/mol. The lowest BCUT2D eigenvalue weighted by molar-refractivity contribution is -0.119. The van der Waals surface area contributed by atoms with Gasteiger partial charge in [-0.2, -0.15) is 5.10 Å². The van der Waals surface area contributed by atoms with Crippen molar-refractivity contribution in [2.75, 3.05) is 31.6 Å². The van der Waals surface area contributed by atoms with Crippen LogP contribution in [0.3, 0.4) is 0 Å². The van der Waals surface area contributed by atoms with E-state index in [2.05, 4.69) is 17.3 Å². The van der Waals surface area contributed by atoms with Crippen LogP contribution >= 0.6 is 0 Å². The largest absolute Gasteiger partial charge is 0.381 e. The number of nitrogens with one attached hydrogen (secondary N) is 1. The molecule has 1 unspecified atom stereocenters. The summed E-state index contributed by atoms with van der Waals surface area (Å²) in [6, 6.07) is 7.88. The van der Waals surface area contributed by atoms with Gasteiger partial charge in [-0.15, -0.1) is 0 Å². The van der Waals surface area contributed by atoms with E-state index in [1.165, 1.54) is 5.56 Å². The molecule has 2 saturated heterocycles. The lowest BCUT2D eigenvalue weighted by atomic mass is 10.0. The number of aryl methyl sites for hydroxylation is 2. The second-order valence-electron chi connectivity index (χ2n) is 8.03. The summed E-state index contributed by atoms with van der Waals surface area (Å²) in [5.74, 6) is 0.713. The normalized spacial score (nSPS) is 20.1.